The highest BCUT2D eigenvalue weighted by molar-refractivity contribution is 8.00. The monoisotopic (exact) mass is 265 g/mol. The van der Waals surface area contributed by atoms with Crippen LogP contribution in [0.25, 0.3) is 6.08 Å². The molecule has 0 spiro atoms. The molecule has 4 heteroatoms. The van der Waals surface area contributed by atoms with Gasteiger partial charge in [0.1, 0.15) is 6.04 Å². The molecule has 1 rings (SSSR count). The van der Waals surface area contributed by atoms with Crippen LogP contribution in [-0.4, -0.2) is 27.6 Å². The third-order valence-corrected chi connectivity index (χ3v) is 4.03. The van der Waals surface area contributed by atoms with Crippen LogP contribution in [0.4, 0.5) is 0 Å². The number of rotatable bonds is 6. The summed E-state index contributed by atoms with van der Waals surface area (Å²) in [6, 6.07) is 9.13. The van der Waals surface area contributed by atoms with E-state index in [9.17, 15) is 4.79 Å². The zero-order valence-corrected chi connectivity index (χ0v) is 11.5. The fraction of sp³-hybridized carbons (Fsp3) is 0.357. The number of hydrogen-bond acceptors (Lipinski definition) is 3. The predicted molar refractivity (Wildman–Crippen MR) is 77.6 cm³/mol. The highest BCUT2D eigenvalue weighted by Crippen LogP contribution is 2.27. The molecule has 0 heterocycles. The Morgan fingerprint density at radius 3 is 2.61 bits per heavy atom. The van der Waals surface area contributed by atoms with Crippen molar-refractivity contribution < 1.29 is 9.90 Å². The smallest absolute Gasteiger partial charge is 0.321 e. The molecule has 0 bridgehead atoms. The highest BCUT2D eigenvalue weighted by Gasteiger charge is 2.31. The van der Waals surface area contributed by atoms with E-state index in [1.165, 1.54) is 0 Å². The molecule has 0 saturated heterocycles. The first-order valence-corrected chi connectivity index (χ1v) is 6.76. The van der Waals surface area contributed by atoms with Gasteiger partial charge in [-0.2, -0.15) is 0 Å². The summed E-state index contributed by atoms with van der Waals surface area (Å²) in [5.41, 5.74) is 6.78. The minimum absolute atomic E-state index is 0.479. The van der Waals surface area contributed by atoms with Crippen molar-refractivity contribution in [3.05, 3.63) is 42.0 Å². The van der Waals surface area contributed by atoms with Gasteiger partial charge < -0.3 is 10.8 Å². The van der Waals surface area contributed by atoms with E-state index in [2.05, 4.69) is 0 Å². The third-order valence-electron chi connectivity index (χ3n) is 2.68. The fourth-order valence-corrected chi connectivity index (χ4v) is 2.30. The van der Waals surface area contributed by atoms with Crippen LogP contribution in [0.5, 0.6) is 0 Å². The molecule has 0 aromatic heterocycles. The van der Waals surface area contributed by atoms with Crippen molar-refractivity contribution in [3.8, 4) is 0 Å². The van der Waals surface area contributed by atoms with E-state index in [4.69, 9.17) is 10.8 Å². The lowest BCUT2D eigenvalue weighted by Crippen LogP contribution is -2.46. The van der Waals surface area contributed by atoms with Crippen molar-refractivity contribution in [1.82, 2.24) is 0 Å². The van der Waals surface area contributed by atoms with Crippen LogP contribution < -0.4 is 5.73 Å². The number of carboxylic acid groups (broad SMARTS) is 1. The van der Waals surface area contributed by atoms with Crippen molar-refractivity contribution in [2.24, 2.45) is 5.73 Å². The maximum atomic E-state index is 10.8. The number of aliphatic carboxylic acids is 1. The normalized spacial score (nSPS) is 13.7. The Bertz CT molecular complexity index is 415. The summed E-state index contributed by atoms with van der Waals surface area (Å²) >= 11 is 1.54. The molecule has 3 nitrogen and oxygen atoms in total. The van der Waals surface area contributed by atoms with Crippen molar-refractivity contribution >= 4 is 23.8 Å². The van der Waals surface area contributed by atoms with Crippen molar-refractivity contribution in [2.75, 3.05) is 5.75 Å². The molecule has 0 amide bonds. The molecular formula is C14H19NO2S. The fourth-order valence-electron chi connectivity index (χ4n) is 1.40. The van der Waals surface area contributed by atoms with Gasteiger partial charge in [0.05, 0.1) is 0 Å². The Morgan fingerprint density at radius 1 is 1.44 bits per heavy atom. The zero-order chi connectivity index (χ0) is 13.6. The van der Waals surface area contributed by atoms with E-state index in [-0.39, 0.29) is 0 Å². The number of thioether (sulfide) groups is 1. The Labute approximate surface area is 112 Å². The van der Waals surface area contributed by atoms with Gasteiger partial charge in [0.2, 0.25) is 0 Å². The number of carboxylic acids is 1. The van der Waals surface area contributed by atoms with Crippen molar-refractivity contribution in [1.29, 1.82) is 0 Å². The van der Waals surface area contributed by atoms with Crippen LogP contribution in [0.2, 0.25) is 0 Å². The first kappa shape index (κ1) is 14.8. The lowest BCUT2D eigenvalue weighted by molar-refractivity contribution is -0.139. The Kier molecular flexibility index (Phi) is 5.44. The van der Waals surface area contributed by atoms with Gasteiger partial charge >= 0.3 is 5.97 Å². The maximum absolute atomic E-state index is 10.8. The summed E-state index contributed by atoms with van der Waals surface area (Å²) in [5, 5.41) is 8.90. The van der Waals surface area contributed by atoms with Crippen LogP contribution in [0, 0.1) is 0 Å². The van der Waals surface area contributed by atoms with Crippen LogP contribution in [0.15, 0.2) is 36.4 Å². The molecule has 1 aromatic rings. The molecule has 18 heavy (non-hydrogen) atoms. The van der Waals surface area contributed by atoms with E-state index in [0.29, 0.717) is 0 Å². The molecule has 0 radical (unpaired) electrons. The van der Waals surface area contributed by atoms with Gasteiger partial charge in [-0.1, -0.05) is 42.5 Å². The molecule has 0 aliphatic heterocycles. The largest absolute Gasteiger partial charge is 0.480 e. The van der Waals surface area contributed by atoms with Gasteiger partial charge in [0, 0.05) is 10.5 Å². The molecule has 3 N–H and O–H groups in total. The molecule has 1 atom stereocenters. The molecule has 0 unspecified atom stereocenters. The SMILES string of the molecule is CC(C)(SC/C=C/c1ccccc1)[C@H](N)C(=O)O. The topological polar surface area (TPSA) is 63.3 Å². The van der Waals surface area contributed by atoms with Crippen LogP contribution in [0.3, 0.4) is 0 Å². The average Bonchev–Trinajstić information content (AvgIpc) is 2.35. The minimum Gasteiger partial charge on any atom is -0.480 e. The lowest BCUT2D eigenvalue weighted by Gasteiger charge is -2.27. The van der Waals surface area contributed by atoms with Gasteiger partial charge in [0.25, 0.3) is 0 Å². The van der Waals surface area contributed by atoms with E-state index >= 15 is 0 Å². The summed E-state index contributed by atoms with van der Waals surface area (Å²) in [6.07, 6.45) is 4.05. The first-order valence-electron chi connectivity index (χ1n) is 5.77. The Hall–Kier alpha value is -1.26. The summed E-state index contributed by atoms with van der Waals surface area (Å²) in [4.78, 5) is 10.8. The second-order valence-corrected chi connectivity index (χ2v) is 6.22. The summed E-state index contributed by atoms with van der Waals surface area (Å²) < 4.78 is -0.479. The predicted octanol–water partition coefficient (Wildman–Crippen LogP) is 2.62. The molecule has 0 aliphatic rings. The van der Waals surface area contributed by atoms with Gasteiger partial charge in [-0.05, 0) is 19.4 Å². The Morgan fingerprint density at radius 2 is 2.06 bits per heavy atom. The standard InChI is InChI=1S/C14H19NO2S/c1-14(2,12(15)13(16)17)18-10-6-9-11-7-4-3-5-8-11/h3-9,12H,10,15H2,1-2H3,(H,16,17)/b9-6+/t12-/m1/s1. The average molecular weight is 265 g/mol. The second kappa shape index (κ2) is 6.61. The summed E-state index contributed by atoms with van der Waals surface area (Å²) in [5.74, 6) is -0.220. The van der Waals surface area contributed by atoms with Crippen LogP contribution >= 0.6 is 11.8 Å². The number of benzene rings is 1. The second-order valence-electron chi connectivity index (χ2n) is 4.54. The molecule has 0 aliphatic carbocycles. The van der Waals surface area contributed by atoms with Gasteiger partial charge in [-0.25, -0.2) is 0 Å². The van der Waals surface area contributed by atoms with Gasteiger partial charge in [-0.15, -0.1) is 11.8 Å². The molecule has 98 valence electrons. The van der Waals surface area contributed by atoms with E-state index < -0.39 is 16.8 Å². The van der Waals surface area contributed by atoms with Crippen LogP contribution in [0.1, 0.15) is 19.4 Å². The molecular weight excluding hydrogens is 246 g/mol. The maximum Gasteiger partial charge on any atom is 0.321 e. The third kappa shape index (κ3) is 4.55. The summed E-state index contributed by atoms with van der Waals surface area (Å²) in [6.45, 7) is 3.71. The lowest BCUT2D eigenvalue weighted by atomic mass is 10.1. The van der Waals surface area contributed by atoms with Crippen molar-refractivity contribution in [3.63, 3.8) is 0 Å². The molecule has 0 saturated carbocycles. The zero-order valence-electron chi connectivity index (χ0n) is 10.7. The quantitative estimate of drug-likeness (QED) is 0.830. The van der Waals surface area contributed by atoms with Crippen LogP contribution in [-0.2, 0) is 4.79 Å². The van der Waals surface area contributed by atoms with Crippen molar-refractivity contribution in [2.45, 2.75) is 24.6 Å². The van der Waals surface area contributed by atoms with E-state index in [1.54, 1.807) is 11.8 Å². The van der Waals surface area contributed by atoms with E-state index in [1.807, 2.05) is 56.3 Å². The van der Waals surface area contributed by atoms with Gasteiger partial charge in [-0.3, -0.25) is 4.79 Å². The molecule has 0 fully saturated rings. The first-order chi connectivity index (χ1) is 8.43. The number of carbonyl (C=O) groups is 1. The molecule has 1 aromatic carbocycles. The number of nitrogens with two attached hydrogens (primary N) is 1. The van der Waals surface area contributed by atoms with Gasteiger partial charge in [0.15, 0.2) is 0 Å². The highest BCUT2D eigenvalue weighted by atomic mass is 32.2. The minimum atomic E-state index is -0.959. The number of hydrogen-bond donors (Lipinski definition) is 2. The van der Waals surface area contributed by atoms with E-state index in [0.717, 1.165) is 11.3 Å². The Balaban J connectivity index is 2.46. The summed E-state index contributed by atoms with van der Waals surface area (Å²) in [7, 11) is 0.